The Hall–Kier alpha value is -1.30. The van der Waals surface area contributed by atoms with E-state index in [1.54, 1.807) is 26.0 Å². The summed E-state index contributed by atoms with van der Waals surface area (Å²) in [5.74, 6) is 0.520. The number of ether oxygens (including phenoxy) is 3. The van der Waals surface area contributed by atoms with Gasteiger partial charge in [-0.1, -0.05) is 62.2 Å². The molecule has 5 heteroatoms. The molecule has 0 saturated heterocycles. The fourth-order valence-electron chi connectivity index (χ4n) is 2.37. The molecule has 0 spiro atoms. The van der Waals surface area contributed by atoms with E-state index in [9.17, 15) is 4.79 Å². The maximum Gasteiger partial charge on any atom is 0.326 e. The molecule has 1 atom stereocenters. The van der Waals surface area contributed by atoms with Gasteiger partial charge in [-0.3, -0.25) is 4.79 Å². The van der Waals surface area contributed by atoms with Crippen LogP contribution >= 0.6 is 11.8 Å². The van der Waals surface area contributed by atoms with E-state index in [4.69, 9.17) is 14.2 Å². The molecule has 0 aliphatic heterocycles. The van der Waals surface area contributed by atoms with Crippen molar-refractivity contribution < 1.29 is 19.0 Å². The molecule has 0 bridgehead atoms. The quantitative estimate of drug-likeness (QED) is 0.209. The molecule has 1 aromatic carbocycles. The monoisotopic (exact) mass is 380 g/mol. The predicted octanol–water partition coefficient (Wildman–Crippen LogP) is 4.98. The number of carbonyl (C=O) groups excluding carboxylic acids is 1. The van der Waals surface area contributed by atoms with Gasteiger partial charge in [0.2, 0.25) is 0 Å². The molecule has 146 valence electrons. The van der Waals surface area contributed by atoms with Gasteiger partial charge in [0.1, 0.15) is 11.4 Å². The average Bonchev–Trinajstić information content (AvgIpc) is 2.67. The Morgan fingerprint density at radius 1 is 1.23 bits per heavy atom. The first kappa shape index (κ1) is 22.7. The minimum atomic E-state index is -0.714. The SMILES string of the molecule is CCCC/C=C/[C@@](C)(SCCC(OC)OC)C(=O)OCc1ccccc1. The Bertz CT molecular complexity index is 528. The summed E-state index contributed by atoms with van der Waals surface area (Å²) in [4.78, 5) is 12.8. The fraction of sp³-hybridized carbons (Fsp3) is 0.571. The smallest absolute Gasteiger partial charge is 0.326 e. The van der Waals surface area contributed by atoms with Crippen molar-refractivity contribution in [1.82, 2.24) is 0 Å². The van der Waals surface area contributed by atoms with Gasteiger partial charge in [0.05, 0.1) is 0 Å². The lowest BCUT2D eigenvalue weighted by atomic mass is 10.1. The van der Waals surface area contributed by atoms with E-state index in [-0.39, 0.29) is 18.9 Å². The molecule has 1 rings (SSSR count). The molecule has 0 aliphatic rings. The van der Waals surface area contributed by atoms with Crippen LogP contribution < -0.4 is 0 Å². The van der Waals surface area contributed by atoms with Crippen LogP contribution in [-0.2, 0) is 25.6 Å². The van der Waals surface area contributed by atoms with Gasteiger partial charge in [0.25, 0.3) is 0 Å². The van der Waals surface area contributed by atoms with Crippen molar-refractivity contribution in [2.75, 3.05) is 20.0 Å². The molecule has 0 N–H and O–H groups in total. The minimum Gasteiger partial charge on any atom is -0.460 e. The van der Waals surface area contributed by atoms with E-state index >= 15 is 0 Å². The number of thioether (sulfide) groups is 1. The van der Waals surface area contributed by atoms with Crippen LogP contribution in [0, 0.1) is 0 Å². The maximum atomic E-state index is 12.8. The van der Waals surface area contributed by atoms with Gasteiger partial charge in [-0.05, 0) is 24.7 Å². The van der Waals surface area contributed by atoms with E-state index in [1.807, 2.05) is 43.3 Å². The summed E-state index contributed by atoms with van der Waals surface area (Å²) in [5.41, 5.74) is 0.988. The summed E-state index contributed by atoms with van der Waals surface area (Å²) in [6, 6.07) is 9.74. The Morgan fingerprint density at radius 3 is 2.54 bits per heavy atom. The van der Waals surface area contributed by atoms with Crippen LogP contribution in [0.5, 0.6) is 0 Å². The third kappa shape index (κ3) is 8.39. The van der Waals surface area contributed by atoms with E-state index in [1.165, 1.54) is 0 Å². The van der Waals surface area contributed by atoms with Gasteiger partial charge in [-0.15, -0.1) is 11.8 Å². The van der Waals surface area contributed by atoms with Crippen LogP contribution in [-0.4, -0.2) is 37.0 Å². The van der Waals surface area contributed by atoms with Crippen molar-refractivity contribution in [2.45, 2.75) is 57.2 Å². The number of hydrogen-bond acceptors (Lipinski definition) is 5. The third-order valence-electron chi connectivity index (χ3n) is 4.06. The highest BCUT2D eigenvalue weighted by molar-refractivity contribution is 8.01. The summed E-state index contributed by atoms with van der Waals surface area (Å²) in [6.07, 6.45) is 7.75. The van der Waals surface area contributed by atoms with Crippen molar-refractivity contribution in [3.05, 3.63) is 48.0 Å². The maximum absolute atomic E-state index is 12.8. The van der Waals surface area contributed by atoms with Gasteiger partial charge in [0, 0.05) is 20.6 Å². The molecule has 0 saturated carbocycles. The van der Waals surface area contributed by atoms with Crippen molar-refractivity contribution in [2.24, 2.45) is 0 Å². The Morgan fingerprint density at radius 2 is 1.92 bits per heavy atom. The fourth-order valence-corrected chi connectivity index (χ4v) is 3.47. The topological polar surface area (TPSA) is 44.8 Å². The molecule has 0 aliphatic carbocycles. The standard InChI is InChI=1S/C21H32O4S/c1-5-6-7-11-15-21(2,26-16-14-19(23-3)24-4)20(22)25-17-18-12-9-8-10-13-18/h8-13,15,19H,5-7,14,16-17H2,1-4H3/b15-11+/t21-/m1/s1. The Labute approximate surface area is 162 Å². The van der Waals surface area contributed by atoms with Gasteiger partial charge >= 0.3 is 5.97 Å². The van der Waals surface area contributed by atoms with Gasteiger partial charge in [0.15, 0.2) is 6.29 Å². The lowest BCUT2D eigenvalue weighted by Gasteiger charge is -2.24. The largest absolute Gasteiger partial charge is 0.460 e. The first-order valence-electron chi connectivity index (χ1n) is 9.14. The number of esters is 1. The lowest BCUT2D eigenvalue weighted by molar-refractivity contribution is -0.146. The zero-order chi connectivity index (χ0) is 19.3. The molecule has 0 amide bonds. The summed E-state index contributed by atoms with van der Waals surface area (Å²) in [7, 11) is 3.24. The van der Waals surface area contributed by atoms with E-state index in [0.29, 0.717) is 6.42 Å². The van der Waals surface area contributed by atoms with Crippen molar-refractivity contribution in [3.63, 3.8) is 0 Å². The molecular weight excluding hydrogens is 348 g/mol. The number of methoxy groups -OCH3 is 2. The highest BCUT2D eigenvalue weighted by atomic mass is 32.2. The van der Waals surface area contributed by atoms with Gasteiger partial charge < -0.3 is 14.2 Å². The highest BCUT2D eigenvalue weighted by Gasteiger charge is 2.33. The van der Waals surface area contributed by atoms with Crippen LogP contribution in [0.15, 0.2) is 42.5 Å². The Kier molecular flexibility index (Phi) is 11.3. The summed E-state index contributed by atoms with van der Waals surface area (Å²) < 4.78 is 15.3. The molecule has 26 heavy (non-hydrogen) atoms. The predicted molar refractivity (Wildman–Crippen MR) is 108 cm³/mol. The van der Waals surface area contributed by atoms with Crippen LogP contribution in [0.1, 0.15) is 45.1 Å². The summed E-state index contributed by atoms with van der Waals surface area (Å²) >= 11 is 1.56. The van der Waals surface area contributed by atoms with Crippen LogP contribution in [0.4, 0.5) is 0 Å². The average molecular weight is 381 g/mol. The zero-order valence-corrected chi connectivity index (χ0v) is 17.2. The van der Waals surface area contributed by atoms with Crippen molar-refractivity contribution in [3.8, 4) is 0 Å². The zero-order valence-electron chi connectivity index (χ0n) is 16.4. The van der Waals surface area contributed by atoms with Crippen LogP contribution in [0.25, 0.3) is 0 Å². The summed E-state index contributed by atoms with van der Waals surface area (Å²) in [5, 5.41) is 0. The van der Waals surface area contributed by atoms with Crippen LogP contribution in [0.2, 0.25) is 0 Å². The number of hydrogen-bond donors (Lipinski definition) is 0. The van der Waals surface area contributed by atoms with Gasteiger partial charge in [-0.2, -0.15) is 0 Å². The van der Waals surface area contributed by atoms with Gasteiger partial charge in [-0.25, -0.2) is 0 Å². The minimum absolute atomic E-state index is 0.217. The first-order valence-corrected chi connectivity index (χ1v) is 10.1. The van der Waals surface area contributed by atoms with E-state index < -0.39 is 4.75 Å². The number of unbranched alkanes of at least 4 members (excludes halogenated alkanes) is 2. The highest BCUT2D eigenvalue weighted by Crippen LogP contribution is 2.30. The second-order valence-electron chi connectivity index (χ2n) is 6.25. The number of carbonyl (C=O) groups is 1. The van der Waals surface area contributed by atoms with E-state index in [2.05, 4.69) is 13.0 Å². The third-order valence-corrected chi connectivity index (χ3v) is 5.40. The molecule has 0 fully saturated rings. The molecular formula is C21H32O4S. The van der Waals surface area contributed by atoms with Crippen molar-refractivity contribution in [1.29, 1.82) is 0 Å². The number of allylic oxidation sites excluding steroid dienone is 1. The Balaban J connectivity index is 2.68. The van der Waals surface area contributed by atoms with Crippen molar-refractivity contribution >= 4 is 17.7 Å². The normalized spacial score (nSPS) is 13.9. The van der Waals surface area contributed by atoms with Crippen LogP contribution in [0.3, 0.4) is 0 Å². The molecule has 1 aromatic rings. The molecule has 0 unspecified atom stereocenters. The second kappa shape index (κ2) is 13.0. The lowest BCUT2D eigenvalue weighted by Crippen LogP contribution is -2.32. The number of rotatable bonds is 13. The van der Waals surface area contributed by atoms with E-state index in [0.717, 1.165) is 30.6 Å². The molecule has 4 nitrogen and oxygen atoms in total. The summed E-state index contributed by atoms with van der Waals surface area (Å²) in [6.45, 7) is 4.37. The molecule has 0 radical (unpaired) electrons. The molecule has 0 heterocycles. The second-order valence-corrected chi connectivity index (χ2v) is 7.80. The first-order chi connectivity index (χ1) is 12.6. The molecule has 0 aromatic heterocycles. The number of benzene rings is 1.